The van der Waals surface area contributed by atoms with Crippen LogP contribution >= 0.6 is 8.24 Å². The van der Waals surface area contributed by atoms with Crippen molar-refractivity contribution in [1.29, 1.82) is 0 Å². The van der Waals surface area contributed by atoms with Gasteiger partial charge < -0.3 is 32.1 Å². The summed E-state index contributed by atoms with van der Waals surface area (Å²) in [6, 6.07) is 8.70. The zero-order chi connectivity index (χ0) is 28.0. The van der Waals surface area contributed by atoms with Crippen molar-refractivity contribution in [1.82, 2.24) is 0 Å². The lowest BCUT2D eigenvalue weighted by atomic mass is 9.84. The molecule has 1 spiro atoms. The number of ether oxygens (including phenoxy) is 5. The van der Waals surface area contributed by atoms with Crippen LogP contribution in [0.5, 0.6) is 0 Å². The van der Waals surface area contributed by atoms with Crippen molar-refractivity contribution < 1.29 is 36.6 Å². The number of hydrogen-bond acceptors (Lipinski definition) is 8. The zero-order valence-electron chi connectivity index (χ0n) is 24.3. The maximum absolute atomic E-state index is 6.84. The highest BCUT2D eigenvalue weighted by molar-refractivity contribution is 7.31. The molecule has 1 aromatic heterocycles. The minimum absolute atomic E-state index is 0.203. The van der Waals surface area contributed by atoms with E-state index in [1.165, 1.54) is 58.7 Å². The van der Waals surface area contributed by atoms with Crippen LogP contribution in [0.2, 0.25) is 0 Å². The summed E-state index contributed by atoms with van der Waals surface area (Å²) in [5.74, 6) is -2.79. The van der Waals surface area contributed by atoms with Gasteiger partial charge in [-0.3, -0.25) is 4.52 Å². The third-order valence-electron chi connectivity index (χ3n) is 9.27. The van der Waals surface area contributed by atoms with Crippen LogP contribution in [0.3, 0.4) is 0 Å². The van der Waals surface area contributed by atoms with E-state index in [1.807, 2.05) is 27.7 Å². The Balaban J connectivity index is 1.32. The van der Waals surface area contributed by atoms with Crippen molar-refractivity contribution in [3.8, 4) is 0 Å². The number of rotatable bonds is 2. The van der Waals surface area contributed by atoms with Crippen molar-refractivity contribution >= 4 is 30.2 Å². The lowest BCUT2D eigenvalue weighted by Gasteiger charge is -2.42. The highest BCUT2D eigenvalue weighted by atomic mass is 31.1. The average Bonchev–Trinajstić information content (AvgIpc) is 3.37. The molecule has 2 aliphatic carbocycles. The summed E-state index contributed by atoms with van der Waals surface area (Å²) in [6.07, 6.45) is 7.67. The zero-order valence-corrected chi connectivity index (χ0v) is 25.2. The first-order valence-electron chi connectivity index (χ1n) is 15.2. The fourth-order valence-corrected chi connectivity index (χ4v) is 8.75. The lowest BCUT2D eigenvalue weighted by Crippen LogP contribution is -2.63. The predicted molar refractivity (Wildman–Crippen MR) is 154 cm³/mol. The number of hydrogen-bond donors (Lipinski definition) is 0. The highest BCUT2D eigenvalue weighted by Crippen LogP contribution is 2.48. The topological polar surface area (TPSA) is 81.7 Å². The van der Waals surface area contributed by atoms with Crippen LogP contribution in [0.15, 0.2) is 32.7 Å². The summed E-state index contributed by atoms with van der Waals surface area (Å²) in [5.41, 5.74) is 7.29. The molecule has 3 aromatic rings. The monoisotopic (exact) mass is 582 g/mol. The van der Waals surface area contributed by atoms with Crippen molar-refractivity contribution in [2.24, 2.45) is 0 Å². The second-order valence-electron chi connectivity index (χ2n) is 13.1. The normalized spacial score (nSPS) is 31.8. The van der Waals surface area contributed by atoms with Gasteiger partial charge in [-0.05, 0) is 113 Å². The fraction of sp³-hybridized carbons (Fsp3) is 0.625. The molecule has 220 valence electrons. The van der Waals surface area contributed by atoms with E-state index in [0.717, 1.165) is 36.8 Å². The Kier molecular flexibility index (Phi) is 6.22. The molecule has 0 amide bonds. The first kappa shape index (κ1) is 26.7. The number of fused-ring (bicyclic) bond motifs is 8. The summed E-state index contributed by atoms with van der Waals surface area (Å²) >= 11 is 0. The summed E-state index contributed by atoms with van der Waals surface area (Å²) in [5, 5.41) is 2.39. The van der Waals surface area contributed by atoms with Crippen LogP contribution in [-0.2, 0) is 49.4 Å². The number of aryl methyl sites for hydroxylation is 4. The van der Waals surface area contributed by atoms with Crippen LogP contribution in [0.4, 0.5) is 0 Å². The Morgan fingerprint density at radius 3 is 1.93 bits per heavy atom. The van der Waals surface area contributed by atoms with Gasteiger partial charge in [0.15, 0.2) is 17.7 Å². The minimum atomic E-state index is -1.90. The SMILES string of the molecule is CC1(C)O[C@@H]2[C@@H](CO[C@]3(COC(C)(C)O3)[C@H]2Op2oc3ccc4c(c3c3c5c(ccc3o2)CCCC5)CCCC4)O1. The maximum atomic E-state index is 6.84. The molecule has 3 saturated heterocycles. The largest absolute Gasteiger partial charge is 0.399 e. The molecule has 5 aliphatic rings. The molecule has 8 nitrogen and oxygen atoms in total. The van der Waals surface area contributed by atoms with E-state index in [2.05, 4.69) is 24.3 Å². The Bertz CT molecular complexity index is 1480. The van der Waals surface area contributed by atoms with Gasteiger partial charge >= 0.3 is 8.24 Å². The first-order chi connectivity index (χ1) is 19.7. The molecule has 3 aliphatic heterocycles. The predicted octanol–water partition coefficient (Wildman–Crippen LogP) is 6.87. The Morgan fingerprint density at radius 1 is 0.732 bits per heavy atom. The Hall–Kier alpha value is -1.90. The third kappa shape index (κ3) is 4.50. The van der Waals surface area contributed by atoms with Crippen molar-refractivity contribution in [2.45, 2.75) is 115 Å². The first-order valence-corrected chi connectivity index (χ1v) is 16.3. The molecule has 41 heavy (non-hydrogen) atoms. The van der Waals surface area contributed by atoms with Gasteiger partial charge in [0, 0.05) is 10.8 Å². The van der Waals surface area contributed by atoms with Crippen LogP contribution in [0.1, 0.15) is 75.6 Å². The van der Waals surface area contributed by atoms with Crippen molar-refractivity contribution in [3.05, 3.63) is 46.5 Å². The van der Waals surface area contributed by atoms with Crippen molar-refractivity contribution in [2.75, 3.05) is 13.2 Å². The van der Waals surface area contributed by atoms with Crippen LogP contribution in [-0.4, -0.2) is 48.9 Å². The van der Waals surface area contributed by atoms with E-state index in [0.29, 0.717) is 6.61 Å². The van der Waals surface area contributed by atoms with Gasteiger partial charge in [0.05, 0.1) is 6.61 Å². The highest BCUT2D eigenvalue weighted by Gasteiger charge is 2.64. The molecular formula is C32H39O8P. The van der Waals surface area contributed by atoms with E-state index in [4.69, 9.17) is 36.6 Å². The average molecular weight is 583 g/mol. The fourth-order valence-electron chi connectivity index (χ4n) is 7.53. The molecule has 0 saturated carbocycles. The van der Waals surface area contributed by atoms with Gasteiger partial charge in [-0.1, -0.05) is 12.1 Å². The second kappa shape index (κ2) is 9.55. The standard InChI is InChI=1S/C32H39O8P/c1-30(2)34-18-32(40-30)29(28-25(17-33-32)35-31(3,4)36-28)39-41-37-23-15-13-19-9-5-7-11-21(19)26(23)27-22-12-8-6-10-20(22)14-16-24(27)38-41/h13-16,25,28-29H,5-12,17-18H2,1-4H3/t25-,28-,29+,32+/m1/s1. The molecule has 3 fully saturated rings. The molecule has 9 heteroatoms. The third-order valence-corrected chi connectivity index (χ3v) is 10.4. The summed E-state index contributed by atoms with van der Waals surface area (Å²) < 4.78 is 51.7. The van der Waals surface area contributed by atoms with E-state index in [-0.39, 0.29) is 12.7 Å². The number of benzene rings is 2. The smallest absolute Gasteiger partial charge is 0.387 e. The van der Waals surface area contributed by atoms with Gasteiger partial charge in [0.1, 0.15) is 30.0 Å². The molecule has 2 aromatic carbocycles. The van der Waals surface area contributed by atoms with Gasteiger partial charge in [-0.2, -0.15) is 0 Å². The van der Waals surface area contributed by atoms with Crippen molar-refractivity contribution in [3.63, 3.8) is 0 Å². The Labute approximate surface area is 241 Å². The summed E-state index contributed by atoms with van der Waals surface area (Å²) in [7, 11) is -1.90. The van der Waals surface area contributed by atoms with Crippen LogP contribution in [0.25, 0.3) is 21.9 Å². The van der Waals surface area contributed by atoms with Crippen LogP contribution in [0, 0.1) is 0 Å². The molecule has 8 rings (SSSR count). The summed E-state index contributed by atoms with van der Waals surface area (Å²) in [4.78, 5) is 0. The van der Waals surface area contributed by atoms with Crippen LogP contribution < -0.4 is 4.52 Å². The molecule has 0 unspecified atom stereocenters. The van der Waals surface area contributed by atoms with Gasteiger partial charge in [-0.15, -0.1) is 0 Å². The van der Waals surface area contributed by atoms with E-state index in [1.54, 1.807) is 0 Å². The minimum Gasteiger partial charge on any atom is -0.399 e. The summed E-state index contributed by atoms with van der Waals surface area (Å²) in [6.45, 7) is 8.10. The maximum Gasteiger partial charge on any atom is 0.387 e. The molecular weight excluding hydrogens is 543 g/mol. The molecule has 0 bridgehead atoms. The van der Waals surface area contributed by atoms with E-state index < -0.39 is 37.8 Å². The lowest BCUT2D eigenvalue weighted by molar-refractivity contribution is -0.316. The second-order valence-corrected chi connectivity index (χ2v) is 14.1. The van der Waals surface area contributed by atoms with Gasteiger partial charge in [0.2, 0.25) is 5.79 Å². The van der Waals surface area contributed by atoms with E-state index in [9.17, 15) is 0 Å². The molecule has 0 radical (unpaired) electrons. The van der Waals surface area contributed by atoms with E-state index >= 15 is 0 Å². The van der Waals surface area contributed by atoms with Gasteiger partial charge in [0.25, 0.3) is 0 Å². The Morgan fingerprint density at radius 2 is 1.34 bits per heavy atom. The molecule has 4 atom stereocenters. The van der Waals surface area contributed by atoms with Gasteiger partial charge in [-0.25, -0.2) is 0 Å². The quantitative estimate of drug-likeness (QED) is 0.324. The molecule has 4 heterocycles. The molecule has 0 N–H and O–H groups in total.